The first kappa shape index (κ1) is 20.0. The molecule has 0 saturated heterocycles. The number of rotatable bonds is 6. The van der Waals surface area contributed by atoms with Crippen LogP contribution < -0.4 is 10.1 Å². The first-order valence-electron chi connectivity index (χ1n) is 9.35. The van der Waals surface area contributed by atoms with Crippen LogP contribution >= 0.6 is 0 Å². The maximum Gasteiger partial charge on any atom is 0.261 e. The van der Waals surface area contributed by atoms with Gasteiger partial charge in [0.1, 0.15) is 5.75 Å². The monoisotopic (exact) mass is 353 g/mol. The number of ether oxygens (including phenoxy) is 1. The topological polar surface area (TPSA) is 38.3 Å². The molecule has 2 atom stereocenters. The Kier molecular flexibility index (Phi) is 6.47. The van der Waals surface area contributed by atoms with E-state index in [0.717, 1.165) is 11.3 Å². The summed E-state index contributed by atoms with van der Waals surface area (Å²) < 4.78 is 5.87. The molecular weight excluding hydrogens is 322 g/mol. The lowest BCUT2D eigenvalue weighted by Crippen LogP contribution is -2.39. The molecule has 0 aliphatic carbocycles. The van der Waals surface area contributed by atoms with Crippen molar-refractivity contribution in [1.29, 1.82) is 0 Å². The minimum absolute atomic E-state index is 0.0628. The molecule has 2 aromatic rings. The summed E-state index contributed by atoms with van der Waals surface area (Å²) in [6.45, 7) is 12.6. The molecule has 0 unspecified atom stereocenters. The molecule has 3 heteroatoms. The highest BCUT2D eigenvalue weighted by Gasteiger charge is 2.21. The fraction of sp³-hybridized carbons (Fsp3) is 0.435. The molecule has 140 valence electrons. The quantitative estimate of drug-likeness (QED) is 0.762. The minimum Gasteiger partial charge on any atom is -0.481 e. The Morgan fingerprint density at radius 3 is 2.12 bits per heavy atom. The third-order valence-corrected chi connectivity index (χ3v) is 4.60. The number of carbonyl (C=O) groups is 1. The van der Waals surface area contributed by atoms with Gasteiger partial charge in [-0.1, -0.05) is 69.7 Å². The van der Waals surface area contributed by atoms with E-state index in [9.17, 15) is 4.79 Å². The average molecular weight is 354 g/mol. The Labute approximate surface area is 157 Å². The second kappa shape index (κ2) is 8.39. The molecule has 0 radical (unpaired) electrons. The highest BCUT2D eigenvalue weighted by atomic mass is 16.5. The van der Waals surface area contributed by atoms with Gasteiger partial charge in [-0.05, 0) is 48.9 Å². The van der Waals surface area contributed by atoms with Crippen LogP contribution in [-0.2, 0) is 10.2 Å². The molecule has 3 nitrogen and oxygen atoms in total. The molecule has 2 rings (SSSR count). The molecule has 0 spiro atoms. The van der Waals surface area contributed by atoms with Crippen molar-refractivity contribution in [1.82, 2.24) is 5.32 Å². The number of nitrogens with one attached hydrogen (secondary N) is 1. The maximum atomic E-state index is 12.6. The number of carbonyl (C=O) groups excluding carboxylic acids is 1. The zero-order valence-corrected chi connectivity index (χ0v) is 16.8. The largest absolute Gasteiger partial charge is 0.481 e. The van der Waals surface area contributed by atoms with Crippen molar-refractivity contribution in [2.45, 2.75) is 65.5 Å². The highest BCUT2D eigenvalue weighted by molar-refractivity contribution is 5.81. The van der Waals surface area contributed by atoms with Crippen molar-refractivity contribution >= 4 is 5.91 Å². The molecule has 1 amide bonds. The van der Waals surface area contributed by atoms with Crippen LogP contribution in [0.1, 0.15) is 63.8 Å². The third-order valence-electron chi connectivity index (χ3n) is 4.60. The second-order valence-electron chi connectivity index (χ2n) is 7.93. The standard InChI is InChI=1S/C23H31NO2/c1-7-21(26-20-14-8-16(2)9-15-20)22(25)24-17(3)18-10-12-19(13-11-18)23(4,5)6/h8-15,17,21H,7H2,1-6H3,(H,24,25)/t17-,21-/m1/s1. The van der Waals surface area contributed by atoms with Crippen LogP contribution in [0.15, 0.2) is 48.5 Å². The SMILES string of the molecule is CC[C@@H](Oc1ccc(C)cc1)C(=O)N[C@H](C)c1ccc(C(C)(C)C)cc1. The Hall–Kier alpha value is -2.29. The van der Waals surface area contributed by atoms with Gasteiger partial charge in [-0.15, -0.1) is 0 Å². The zero-order valence-electron chi connectivity index (χ0n) is 16.8. The molecule has 2 aromatic carbocycles. The van der Waals surface area contributed by atoms with E-state index in [0.29, 0.717) is 6.42 Å². The van der Waals surface area contributed by atoms with Gasteiger partial charge in [-0.25, -0.2) is 0 Å². The summed E-state index contributed by atoms with van der Waals surface area (Å²) in [5.74, 6) is 0.639. The average Bonchev–Trinajstić information content (AvgIpc) is 2.60. The van der Waals surface area contributed by atoms with E-state index in [2.05, 4.69) is 50.4 Å². The summed E-state index contributed by atoms with van der Waals surface area (Å²) in [7, 11) is 0. The van der Waals surface area contributed by atoms with Gasteiger partial charge in [0.2, 0.25) is 0 Å². The minimum atomic E-state index is -0.492. The van der Waals surface area contributed by atoms with Gasteiger partial charge in [0.25, 0.3) is 5.91 Å². The lowest BCUT2D eigenvalue weighted by molar-refractivity contribution is -0.128. The number of amides is 1. The lowest BCUT2D eigenvalue weighted by Gasteiger charge is -2.22. The van der Waals surface area contributed by atoms with Gasteiger partial charge in [0.05, 0.1) is 6.04 Å². The molecule has 26 heavy (non-hydrogen) atoms. The van der Waals surface area contributed by atoms with Gasteiger partial charge < -0.3 is 10.1 Å². The third kappa shape index (κ3) is 5.35. The van der Waals surface area contributed by atoms with E-state index >= 15 is 0 Å². The van der Waals surface area contributed by atoms with E-state index in [1.165, 1.54) is 11.1 Å². The smallest absolute Gasteiger partial charge is 0.261 e. The number of aryl methyl sites for hydroxylation is 1. The Balaban J connectivity index is 2.00. The predicted octanol–water partition coefficient (Wildman–Crippen LogP) is 5.33. The first-order chi connectivity index (χ1) is 12.2. The number of hydrogen-bond acceptors (Lipinski definition) is 2. The summed E-state index contributed by atoms with van der Waals surface area (Å²) in [6.07, 6.45) is 0.129. The van der Waals surface area contributed by atoms with E-state index in [4.69, 9.17) is 4.74 Å². The van der Waals surface area contributed by atoms with Crippen LogP contribution in [0.2, 0.25) is 0 Å². The molecule has 0 aliphatic heterocycles. The van der Waals surface area contributed by atoms with Crippen LogP contribution in [-0.4, -0.2) is 12.0 Å². The predicted molar refractivity (Wildman–Crippen MR) is 108 cm³/mol. The Morgan fingerprint density at radius 1 is 1.04 bits per heavy atom. The van der Waals surface area contributed by atoms with Crippen molar-refractivity contribution in [3.63, 3.8) is 0 Å². The first-order valence-corrected chi connectivity index (χ1v) is 9.35. The molecule has 1 N–H and O–H groups in total. The van der Waals surface area contributed by atoms with E-state index in [1.807, 2.05) is 45.0 Å². The molecule has 0 aromatic heterocycles. The summed E-state index contributed by atoms with van der Waals surface area (Å²) in [6, 6.07) is 16.2. The molecule has 0 aliphatic rings. The number of hydrogen-bond donors (Lipinski definition) is 1. The summed E-state index contributed by atoms with van der Waals surface area (Å²) in [5, 5.41) is 3.07. The summed E-state index contributed by atoms with van der Waals surface area (Å²) in [5.41, 5.74) is 3.67. The molecule has 0 bridgehead atoms. The van der Waals surface area contributed by atoms with Crippen molar-refractivity contribution in [2.75, 3.05) is 0 Å². The Bertz CT molecular complexity index is 711. The normalized spacial score (nSPS) is 13.8. The van der Waals surface area contributed by atoms with Crippen LogP contribution in [0, 0.1) is 6.92 Å². The summed E-state index contributed by atoms with van der Waals surface area (Å²) in [4.78, 5) is 12.6. The van der Waals surface area contributed by atoms with Gasteiger partial charge >= 0.3 is 0 Å². The highest BCUT2D eigenvalue weighted by Crippen LogP contribution is 2.24. The van der Waals surface area contributed by atoms with E-state index in [-0.39, 0.29) is 17.4 Å². The second-order valence-corrected chi connectivity index (χ2v) is 7.93. The zero-order chi connectivity index (χ0) is 19.3. The van der Waals surface area contributed by atoms with Gasteiger partial charge in [-0.3, -0.25) is 4.79 Å². The van der Waals surface area contributed by atoms with Crippen LogP contribution in [0.3, 0.4) is 0 Å². The van der Waals surface area contributed by atoms with Crippen LogP contribution in [0.4, 0.5) is 0 Å². The van der Waals surface area contributed by atoms with Gasteiger partial charge in [-0.2, -0.15) is 0 Å². The molecular formula is C23H31NO2. The van der Waals surface area contributed by atoms with E-state index < -0.39 is 6.10 Å². The van der Waals surface area contributed by atoms with Crippen molar-refractivity contribution in [3.05, 3.63) is 65.2 Å². The Morgan fingerprint density at radius 2 is 1.62 bits per heavy atom. The lowest BCUT2D eigenvalue weighted by atomic mass is 9.86. The van der Waals surface area contributed by atoms with E-state index in [1.54, 1.807) is 0 Å². The molecule has 0 saturated carbocycles. The molecule has 0 heterocycles. The van der Waals surface area contributed by atoms with Gasteiger partial charge in [0.15, 0.2) is 6.10 Å². The van der Waals surface area contributed by atoms with Gasteiger partial charge in [0, 0.05) is 0 Å². The summed E-state index contributed by atoms with van der Waals surface area (Å²) >= 11 is 0. The van der Waals surface area contributed by atoms with Crippen molar-refractivity contribution in [2.24, 2.45) is 0 Å². The molecule has 0 fully saturated rings. The maximum absolute atomic E-state index is 12.6. The fourth-order valence-corrected chi connectivity index (χ4v) is 2.76. The fourth-order valence-electron chi connectivity index (χ4n) is 2.76. The van der Waals surface area contributed by atoms with Crippen molar-refractivity contribution in [3.8, 4) is 5.75 Å². The van der Waals surface area contributed by atoms with Crippen LogP contribution in [0.25, 0.3) is 0 Å². The number of benzene rings is 2. The van der Waals surface area contributed by atoms with Crippen LogP contribution in [0.5, 0.6) is 5.75 Å². The van der Waals surface area contributed by atoms with Crippen molar-refractivity contribution < 1.29 is 9.53 Å².